The molecule has 0 unspecified atom stereocenters. The Morgan fingerprint density at radius 2 is 1.84 bits per heavy atom. The Bertz CT molecular complexity index is 1450. The molecule has 2 heterocycles. The van der Waals surface area contributed by atoms with E-state index in [1.54, 1.807) is 14.2 Å². The van der Waals surface area contributed by atoms with Crippen LogP contribution >= 0.6 is 0 Å². The highest BCUT2D eigenvalue weighted by Gasteiger charge is 2.29. The summed E-state index contributed by atoms with van der Waals surface area (Å²) >= 11 is 0. The molecular formula is C29H38N6O3. The monoisotopic (exact) mass is 518 g/mol. The summed E-state index contributed by atoms with van der Waals surface area (Å²) in [5.74, 6) is 2.18. The van der Waals surface area contributed by atoms with E-state index in [4.69, 9.17) is 9.47 Å². The molecule has 0 radical (unpaired) electrons. The van der Waals surface area contributed by atoms with Crippen LogP contribution in [0.5, 0.6) is 11.5 Å². The summed E-state index contributed by atoms with van der Waals surface area (Å²) < 4.78 is 12.8. The number of nitrogens with zero attached hydrogens (tertiary/aromatic N) is 5. The molecule has 0 saturated carbocycles. The molecule has 0 saturated heterocycles. The Balaban J connectivity index is 1.72. The van der Waals surface area contributed by atoms with Crippen LogP contribution in [-0.4, -0.2) is 50.9 Å². The van der Waals surface area contributed by atoms with E-state index >= 15 is 0 Å². The van der Waals surface area contributed by atoms with Crippen LogP contribution < -0.4 is 15.0 Å². The van der Waals surface area contributed by atoms with Gasteiger partial charge in [-0.25, -0.2) is 4.68 Å². The van der Waals surface area contributed by atoms with E-state index in [9.17, 15) is 4.79 Å². The largest absolute Gasteiger partial charge is 0.493 e. The van der Waals surface area contributed by atoms with Crippen molar-refractivity contribution in [3.05, 3.63) is 75.3 Å². The van der Waals surface area contributed by atoms with Gasteiger partial charge in [-0.2, -0.15) is 0 Å². The van der Waals surface area contributed by atoms with Gasteiger partial charge in [-0.3, -0.25) is 9.69 Å². The predicted octanol–water partition coefficient (Wildman–Crippen LogP) is 4.79. The topological polar surface area (TPSA) is 98.2 Å². The van der Waals surface area contributed by atoms with Crippen LogP contribution in [0.3, 0.4) is 0 Å². The summed E-state index contributed by atoms with van der Waals surface area (Å²) in [4.78, 5) is 18.6. The number of fused-ring (bicyclic) bond motifs is 1. The highest BCUT2D eigenvalue weighted by atomic mass is 16.5. The molecule has 9 nitrogen and oxygen atoms in total. The lowest BCUT2D eigenvalue weighted by Crippen LogP contribution is -2.36. The number of ether oxygens (including phenoxy) is 2. The van der Waals surface area contributed by atoms with Gasteiger partial charge in [0.05, 0.1) is 31.3 Å². The number of aromatic nitrogens is 5. The van der Waals surface area contributed by atoms with Crippen LogP contribution in [0.25, 0.3) is 10.9 Å². The molecule has 9 heteroatoms. The smallest absolute Gasteiger partial charge is 0.252 e. The first-order chi connectivity index (χ1) is 18.2. The fourth-order valence-corrected chi connectivity index (χ4v) is 4.90. The minimum Gasteiger partial charge on any atom is -0.493 e. The zero-order valence-corrected chi connectivity index (χ0v) is 23.4. The summed E-state index contributed by atoms with van der Waals surface area (Å²) in [6, 6.07) is 13.9. The molecule has 2 aromatic carbocycles. The minimum atomic E-state index is -0.279. The Labute approximate surface area is 223 Å². The molecule has 4 rings (SSSR count). The summed E-state index contributed by atoms with van der Waals surface area (Å²) in [6.07, 6.45) is 1.53. The number of para-hydroxylation sites is 1. The zero-order valence-electron chi connectivity index (χ0n) is 23.4. The van der Waals surface area contributed by atoms with Gasteiger partial charge in [0, 0.05) is 18.7 Å². The number of aryl methyl sites for hydroxylation is 1. The van der Waals surface area contributed by atoms with Gasteiger partial charge in [0.2, 0.25) is 0 Å². The molecule has 0 spiro atoms. The highest BCUT2D eigenvalue weighted by Crippen LogP contribution is 2.30. The average molecular weight is 519 g/mol. The summed E-state index contributed by atoms with van der Waals surface area (Å²) in [6.45, 7) is 11.5. The molecule has 0 aliphatic carbocycles. The molecule has 0 bridgehead atoms. The fraction of sp³-hybridized carbons (Fsp3) is 0.448. The van der Waals surface area contributed by atoms with Crippen LogP contribution in [0.15, 0.2) is 47.3 Å². The zero-order chi connectivity index (χ0) is 27.4. The number of tetrazole rings is 1. The number of methoxy groups -OCH3 is 2. The third kappa shape index (κ3) is 5.72. The number of rotatable bonds is 10. The molecule has 1 N–H and O–H groups in total. The normalized spacial score (nSPS) is 12.7. The Hall–Kier alpha value is -3.72. The summed E-state index contributed by atoms with van der Waals surface area (Å²) in [5.41, 5.74) is 3.39. The maximum atomic E-state index is 13.2. The highest BCUT2D eigenvalue weighted by molar-refractivity contribution is 5.81. The SMILES string of the molecule is CC[C@@H](c1nnnn1C(C)(C)C)N(CCc1ccc(OC)c(OC)c1)Cc1cc2cccc(C)c2[nH]c1=O. The van der Waals surface area contributed by atoms with Gasteiger partial charge < -0.3 is 14.5 Å². The lowest BCUT2D eigenvalue weighted by atomic mass is 10.0. The van der Waals surface area contributed by atoms with Gasteiger partial charge >= 0.3 is 0 Å². The molecular weight excluding hydrogens is 480 g/mol. The van der Waals surface area contributed by atoms with Crippen molar-refractivity contribution in [2.75, 3.05) is 20.8 Å². The third-order valence-electron chi connectivity index (χ3n) is 6.93. The van der Waals surface area contributed by atoms with Crippen LogP contribution in [0.2, 0.25) is 0 Å². The van der Waals surface area contributed by atoms with Crippen LogP contribution in [0, 0.1) is 6.92 Å². The van der Waals surface area contributed by atoms with E-state index in [0.717, 1.165) is 40.7 Å². The molecule has 1 atom stereocenters. The van der Waals surface area contributed by atoms with E-state index < -0.39 is 0 Å². The fourth-order valence-electron chi connectivity index (χ4n) is 4.90. The average Bonchev–Trinajstić information content (AvgIpc) is 3.39. The van der Waals surface area contributed by atoms with Crippen LogP contribution in [-0.2, 0) is 18.5 Å². The Morgan fingerprint density at radius 3 is 2.53 bits per heavy atom. The number of pyridine rings is 1. The molecule has 0 amide bonds. The first-order valence-electron chi connectivity index (χ1n) is 13.0. The Morgan fingerprint density at radius 1 is 1.08 bits per heavy atom. The molecule has 38 heavy (non-hydrogen) atoms. The van der Waals surface area contributed by atoms with Crippen molar-refractivity contribution >= 4 is 10.9 Å². The number of hydrogen-bond donors (Lipinski definition) is 1. The van der Waals surface area contributed by atoms with Crippen LogP contribution in [0.4, 0.5) is 0 Å². The number of aromatic amines is 1. The molecule has 2 aromatic heterocycles. The maximum absolute atomic E-state index is 13.2. The van der Waals surface area contributed by atoms with Crippen molar-refractivity contribution in [1.82, 2.24) is 30.1 Å². The quantitative estimate of drug-likeness (QED) is 0.322. The van der Waals surface area contributed by atoms with Gasteiger partial charge in [0.15, 0.2) is 17.3 Å². The summed E-state index contributed by atoms with van der Waals surface area (Å²) in [7, 11) is 3.27. The standard InChI is InChI=1S/C29H38N6O3/c1-8-23(27-31-32-33-35(27)29(3,4)5)34(15-14-20-12-13-24(37-6)25(16-20)38-7)18-22-17-21-11-9-10-19(2)26(21)30-28(22)36/h9-13,16-17,23H,8,14-15,18H2,1-7H3,(H,30,36)/t23-/m0/s1. The van der Waals surface area contributed by atoms with E-state index in [0.29, 0.717) is 30.2 Å². The first kappa shape index (κ1) is 27.3. The first-order valence-corrected chi connectivity index (χ1v) is 13.0. The molecule has 202 valence electrons. The third-order valence-corrected chi connectivity index (χ3v) is 6.93. The van der Waals surface area contributed by atoms with E-state index in [2.05, 4.69) is 53.1 Å². The molecule has 0 aliphatic rings. The second kappa shape index (κ2) is 11.3. The van der Waals surface area contributed by atoms with Gasteiger partial charge in [0.25, 0.3) is 5.56 Å². The van der Waals surface area contributed by atoms with Crippen molar-refractivity contribution < 1.29 is 9.47 Å². The summed E-state index contributed by atoms with van der Waals surface area (Å²) in [5, 5.41) is 13.8. The van der Waals surface area contributed by atoms with Crippen molar-refractivity contribution in [2.24, 2.45) is 0 Å². The minimum absolute atomic E-state index is 0.0758. The lowest BCUT2D eigenvalue weighted by molar-refractivity contribution is 0.163. The molecule has 4 aromatic rings. The number of nitrogens with one attached hydrogen (secondary N) is 1. The van der Waals surface area contributed by atoms with Gasteiger partial charge in [-0.15, -0.1) is 5.10 Å². The number of H-pyrrole nitrogens is 1. The molecule has 0 fully saturated rings. The second-order valence-corrected chi connectivity index (χ2v) is 10.6. The Kier molecular flexibility index (Phi) is 8.16. The van der Waals surface area contributed by atoms with Crippen molar-refractivity contribution in [1.29, 1.82) is 0 Å². The van der Waals surface area contributed by atoms with E-state index in [1.165, 1.54) is 0 Å². The van der Waals surface area contributed by atoms with E-state index in [1.807, 2.05) is 54.1 Å². The van der Waals surface area contributed by atoms with Crippen molar-refractivity contribution in [3.63, 3.8) is 0 Å². The van der Waals surface area contributed by atoms with Crippen molar-refractivity contribution in [3.8, 4) is 11.5 Å². The molecule has 0 aliphatic heterocycles. The van der Waals surface area contributed by atoms with Gasteiger partial charge in [-0.1, -0.05) is 31.2 Å². The second-order valence-electron chi connectivity index (χ2n) is 10.6. The van der Waals surface area contributed by atoms with Crippen molar-refractivity contribution in [2.45, 2.75) is 65.6 Å². The predicted molar refractivity (Wildman–Crippen MR) is 149 cm³/mol. The van der Waals surface area contributed by atoms with Gasteiger partial charge in [-0.05, 0) is 85.7 Å². The van der Waals surface area contributed by atoms with Gasteiger partial charge in [0.1, 0.15) is 0 Å². The lowest BCUT2D eigenvalue weighted by Gasteiger charge is -2.32. The number of hydrogen-bond acceptors (Lipinski definition) is 7. The maximum Gasteiger partial charge on any atom is 0.252 e. The van der Waals surface area contributed by atoms with E-state index in [-0.39, 0.29) is 17.1 Å². The van der Waals surface area contributed by atoms with Crippen LogP contribution in [0.1, 0.15) is 62.7 Å². The number of benzene rings is 2.